The van der Waals surface area contributed by atoms with E-state index >= 15 is 0 Å². The van der Waals surface area contributed by atoms with Gasteiger partial charge in [-0.05, 0) is 41.8 Å². The normalized spacial score (nSPS) is 10.9. The van der Waals surface area contributed by atoms with E-state index in [2.05, 4.69) is 50.9 Å². The van der Waals surface area contributed by atoms with Gasteiger partial charge in [0.1, 0.15) is 24.4 Å². The molecule has 124 valence electrons. The minimum absolute atomic E-state index is 0.592. The maximum atomic E-state index is 5.87. The van der Waals surface area contributed by atoms with Crippen LogP contribution in [0.5, 0.6) is 5.75 Å². The van der Waals surface area contributed by atoms with Crippen molar-refractivity contribution >= 4 is 0 Å². The zero-order valence-corrected chi connectivity index (χ0v) is 13.9. The lowest BCUT2D eigenvalue weighted by atomic mass is 10.1. The van der Waals surface area contributed by atoms with E-state index in [-0.39, 0.29) is 0 Å². The molecule has 0 amide bonds. The summed E-state index contributed by atoms with van der Waals surface area (Å²) in [6.45, 7) is 1.33. The van der Waals surface area contributed by atoms with E-state index in [0.717, 1.165) is 30.2 Å². The summed E-state index contributed by atoms with van der Waals surface area (Å²) in [5.74, 6) is 1.78. The van der Waals surface area contributed by atoms with E-state index < -0.39 is 0 Å². The van der Waals surface area contributed by atoms with Crippen molar-refractivity contribution in [2.24, 2.45) is 0 Å². The Kier molecular flexibility index (Phi) is 4.42. The van der Waals surface area contributed by atoms with Crippen molar-refractivity contribution in [1.82, 2.24) is 14.5 Å². The summed E-state index contributed by atoms with van der Waals surface area (Å²) in [5, 5.41) is 0. The van der Waals surface area contributed by atoms with Gasteiger partial charge >= 0.3 is 0 Å². The Morgan fingerprint density at radius 2 is 1.60 bits per heavy atom. The highest BCUT2D eigenvalue weighted by molar-refractivity contribution is 5.50. The van der Waals surface area contributed by atoms with Crippen molar-refractivity contribution in [3.05, 3.63) is 90.4 Å². The van der Waals surface area contributed by atoms with Crippen LogP contribution in [-0.4, -0.2) is 21.1 Å². The van der Waals surface area contributed by atoms with Crippen molar-refractivity contribution < 1.29 is 4.74 Å². The van der Waals surface area contributed by atoms with Gasteiger partial charge < -0.3 is 9.30 Å². The molecule has 0 saturated heterocycles. The topological polar surface area (TPSA) is 39.9 Å². The first-order valence-corrected chi connectivity index (χ1v) is 8.40. The van der Waals surface area contributed by atoms with Crippen molar-refractivity contribution in [1.29, 1.82) is 0 Å². The molecule has 0 radical (unpaired) electrons. The third-order valence-electron chi connectivity index (χ3n) is 4.17. The minimum Gasteiger partial charge on any atom is -0.492 e. The van der Waals surface area contributed by atoms with Crippen LogP contribution in [0.1, 0.15) is 11.1 Å². The highest BCUT2D eigenvalue weighted by Gasteiger charge is 2.08. The van der Waals surface area contributed by atoms with Crippen LogP contribution in [0.2, 0.25) is 0 Å². The molecule has 0 aliphatic carbocycles. The zero-order chi connectivity index (χ0) is 16.9. The van der Waals surface area contributed by atoms with E-state index in [1.54, 1.807) is 6.33 Å². The Balaban J connectivity index is 1.33. The Morgan fingerprint density at radius 3 is 2.44 bits per heavy atom. The van der Waals surface area contributed by atoms with Crippen LogP contribution >= 0.6 is 0 Å². The second-order valence-electron chi connectivity index (χ2n) is 5.94. The Morgan fingerprint density at radius 1 is 0.800 bits per heavy atom. The molecule has 4 rings (SSSR count). The number of rotatable bonds is 6. The molecule has 0 unspecified atom stereocenters. The van der Waals surface area contributed by atoms with Gasteiger partial charge in [-0.15, -0.1) is 0 Å². The molecule has 2 aliphatic heterocycles. The number of benzene rings is 2. The van der Waals surface area contributed by atoms with E-state index in [1.807, 2.05) is 36.5 Å². The molecule has 0 bridgehead atoms. The smallest absolute Gasteiger partial charge is 0.160 e. The number of pyridine rings is 1. The fourth-order valence-corrected chi connectivity index (χ4v) is 2.89. The fourth-order valence-electron chi connectivity index (χ4n) is 2.89. The zero-order valence-electron chi connectivity index (χ0n) is 13.9. The first-order chi connectivity index (χ1) is 12.4. The van der Waals surface area contributed by atoms with Gasteiger partial charge in [-0.1, -0.05) is 42.5 Å². The molecule has 2 aromatic carbocycles. The molecule has 2 aliphatic rings. The second-order valence-corrected chi connectivity index (χ2v) is 5.94. The molecule has 4 nitrogen and oxygen atoms in total. The van der Waals surface area contributed by atoms with Crippen molar-refractivity contribution in [3.8, 4) is 17.3 Å². The minimum atomic E-state index is 0.592. The standard InChI is InChI=1S/C21H19N3O/c1-2-5-17(6-3-1)15-18-8-10-19(11-9-18)25-14-13-24-12-4-7-20-21(24)23-16-22-20/h1-12,16H,13-15H2. The van der Waals surface area contributed by atoms with Crippen molar-refractivity contribution in [3.63, 3.8) is 0 Å². The number of imidazole rings is 1. The number of nitrogens with zero attached hydrogens (tertiary/aromatic N) is 3. The monoisotopic (exact) mass is 329 g/mol. The van der Waals surface area contributed by atoms with E-state index in [4.69, 9.17) is 4.74 Å². The average molecular weight is 329 g/mol. The molecule has 4 heteroatoms. The van der Waals surface area contributed by atoms with Gasteiger partial charge in [0.05, 0.1) is 6.54 Å². The highest BCUT2D eigenvalue weighted by Crippen LogP contribution is 2.17. The van der Waals surface area contributed by atoms with Crippen LogP contribution in [0.25, 0.3) is 11.5 Å². The summed E-state index contributed by atoms with van der Waals surface area (Å²) >= 11 is 0. The Bertz CT molecular complexity index is 900. The lowest BCUT2D eigenvalue weighted by Crippen LogP contribution is -2.10. The van der Waals surface area contributed by atoms with Crippen LogP contribution in [0.3, 0.4) is 0 Å². The van der Waals surface area contributed by atoms with Gasteiger partial charge in [0, 0.05) is 6.20 Å². The highest BCUT2D eigenvalue weighted by atomic mass is 16.5. The molecular formula is C21H19N3O. The van der Waals surface area contributed by atoms with Crippen LogP contribution in [0.15, 0.2) is 79.3 Å². The predicted octanol–water partition coefficient (Wildman–Crippen LogP) is 4.05. The molecule has 2 heterocycles. The van der Waals surface area contributed by atoms with Gasteiger partial charge in [-0.25, -0.2) is 9.97 Å². The van der Waals surface area contributed by atoms with Gasteiger partial charge in [-0.2, -0.15) is 0 Å². The summed E-state index contributed by atoms with van der Waals surface area (Å²) in [7, 11) is 0. The fraction of sp³-hybridized carbons (Fsp3) is 0.143. The van der Waals surface area contributed by atoms with Crippen molar-refractivity contribution in [2.45, 2.75) is 13.0 Å². The van der Waals surface area contributed by atoms with E-state index in [0.29, 0.717) is 6.61 Å². The lowest BCUT2D eigenvalue weighted by molar-refractivity contribution is 0.298. The van der Waals surface area contributed by atoms with Crippen LogP contribution in [0.4, 0.5) is 0 Å². The maximum absolute atomic E-state index is 5.87. The first kappa shape index (κ1) is 15.4. The molecule has 0 spiro atoms. The first-order valence-electron chi connectivity index (χ1n) is 8.40. The van der Waals surface area contributed by atoms with Gasteiger partial charge in [0.25, 0.3) is 0 Å². The number of aromatic nitrogens is 3. The second kappa shape index (κ2) is 7.18. The third-order valence-corrected chi connectivity index (χ3v) is 4.17. The summed E-state index contributed by atoms with van der Waals surface area (Å²) in [4.78, 5) is 8.51. The quantitative estimate of drug-likeness (QED) is 0.536. The van der Waals surface area contributed by atoms with Gasteiger partial charge in [-0.3, -0.25) is 0 Å². The van der Waals surface area contributed by atoms with Crippen LogP contribution in [-0.2, 0) is 13.0 Å². The van der Waals surface area contributed by atoms with Crippen molar-refractivity contribution in [2.75, 3.05) is 6.61 Å². The third kappa shape index (κ3) is 3.69. The van der Waals surface area contributed by atoms with Crippen LogP contribution in [0, 0.1) is 0 Å². The number of hydrogen-bond acceptors (Lipinski definition) is 3. The largest absolute Gasteiger partial charge is 0.492 e. The lowest BCUT2D eigenvalue weighted by Gasteiger charge is -2.12. The number of fused-ring (bicyclic) bond motifs is 1. The van der Waals surface area contributed by atoms with E-state index in [1.165, 1.54) is 11.1 Å². The molecule has 0 saturated carbocycles. The van der Waals surface area contributed by atoms with Gasteiger partial charge in [0.15, 0.2) is 5.82 Å². The summed E-state index contributed by atoms with van der Waals surface area (Å²) in [5.41, 5.74) is 3.51. The van der Waals surface area contributed by atoms with Gasteiger partial charge in [0.2, 0.25) is 0 Å². The number of ether oxygens (including phenoxy) is 1. The summed E-state index contributed by atoms with van der Waals surface area (Å²) in [6.07, 6.45) is 4.53. The molecule has 25 heavy (non-hydrogen) atoms. The van der Waals surface area contributed by atoms with E-state index in [9.17, 15) is 0 Å². The Hall–Kier alpha value is -3.14. The SMILES string of the molecule is c1ccc(Cc2ccc(OCCn3cccc4ncnc3-4)cc2)cc1. The Labute approximate surface area is 147 Å². The molecule has 0 atom stereocenters. The molecule has 0 aromatic heterocycles. The average Bonchev–Trinajstić information content (AvgIpc) is 3.14. The molecule has 0 fully saturated rings. The maximum Gasteiger partial charge on any atom is 0.160 e. The molecule has 0 N–H and O–H groups in total. The summed E-state index contributed by atoms with van der Waals surface area (Å²) < 4.78 is 7.93. The molecular weight excluding hydrogens is 310 g/mol. The summed E-state index contributed by atoms with van der Waals surface area (Å²) in [6, 6.07) is 22.7. The van der Waals surface area contributed by atoms with Crippen LogP contribution < -0.4 is 4.74 Å². The predicted molar refractivity (Wildman–Crippen MR) is 97.8 cm³/mol. The molecule has 2 aromatic rings. The number of hydrogen-bond donors (Lipinski definition) is 0.